The molecule has 0 N–H and O–H groups in total. The summed E-state index contributed by atoms with van der Waals surface area (Å²) >= 11 is 0. The van der Waals surface area contributed by atoms with Crippen LogP contribution in [-0.2, 0) is 0 Å². The Labute approximate surface area is 501 Å². The van der Waals surface area contributed by atoms with Gasteiger partial charge in [0.2, 0.25) is 0 Å². The standard InChI is InChI=1S/C80H50N6O/c1-5-17-51(18-6-1)67-25-13-29-71(81-67)55-33-39-75-61(45-55)62-46-56(72-30-14-26-68(82-72)52-19-7-2-8-20-52)34-40-76(62)85(75)59-37-43-79-65(49-59)66-50-60(38-44-80(66)87-79)86-77-41-35-57(73-31-15-27-69(83-73)53-21-9-3-10-22-53)47-63(77)64-48-58(36-42-78(64)86)74-32-16-28-70(84-74)54-23-11-4-12-24-54/h1-50H. The summed E-state index contributed by atoms with van der Waals surface area (Å²) in [6.45, 7) is 0. The second-order valence-electron chi connectivity index (χ2n) is 22.2. The van der Waals surface area contributed by atoms with E-state index in [1.54, 1.807) is 0 Å². The predicted molar refractivity (Wildman–Crippen MR) is 357 cm³/mol. The molecule has 0 aliphatic heterocycles. The van der Waals surface area contributed by atoms with Crippen molar-refractivity contribution in [2.75, 3.05) is 0 Å². The summed E-state index contributed by atoms with van der Waals surface area (Å²) in [5.74, 6) is 0. The highest BCUT2D eigenvalue weighted by Crippen LogP contribution is 2.42. The molecule has 17 rings (SSSR count). The minimum atomic E-state index is 0.817. The highest BCUT2D eigenvalue weighted by Gasteiger charge is 2.21. The number of hydrogen-bond acceptors (Lipinski definition) is 5. The van der Waals surface area contributed by atoms with Crippen LogP contribution in [0.5, 0.6) is 0 Å². The molecule has 7 heteroatoms. The normalized spacial score (nSPS) is 11.7. The van der Waals surface area contributed by atoms with Crippen LogP contribution in [0, 0.1) is 0 Å². The lowest BCUT2D eigenvalue weighted by Gasteiger charge is -2.10. The molecule has 406 valence electrons. The quantitative estimate of drug-likeness (QED) is 0.136. The number of furan rings is 1. The molecule has 0 aliphatic rings. The van der Waals surface area contributed by atoms with Crippen LogP contribution >= 0.6 is 0 Å². The average molecular weight is 1110 g/mol. The molecule has 0 bridgehead atoms. The lowest BCUT2D eigenvalue weighted by molar-refractivity contribution is 0.669. The molecule has 87 heavy (non-hydrogen) atoms. The van der Waals surface area contributed by atoms with Crippen molar-refractivity contribution >= 4 is 65.6 Å². The number of rotatable bonds is 10. The van der Waals surface area contributed by atoms with Crippen molar-refractivity contribution in [3.8, 4) is 101 Å². The molecule has 0 unspecified atom stereocenters. The smallest absolute Gasteiger partial charge is 0.135 e. The van der Waals surface area contributed by atoms with Gasteiger partial charge in [0.25, 0.3) is 0 Å². The molecule has 0 fully saturated rings. The van der Waals surface area contributed by atoms with Crippen molar-refractivity contribution in [1.29, 1.82) is 0 Å². The SMILES string of the molecule is c1ccc(-c2cccc(-c3ccc4c(c3)c3cc(-c5cccc(-c6ccccc6)n5)ccc3n4-c3ccc4oc5ccc(-n6c7ccc(-c8cccc(-c9ccccc9)n8)cc7c7cc(-c8cccc(-c9ccccc9)n8)ccc76)cc5c4c3)n2)cc1. The Morgan fingerprint density at radius 2 is 0.448 bits per heavy atom. The van der Waals surface area contributed by atoms with Crippen LogP contribution in [-0.4, -0.2) is 29.1 Å². The van der Waals surface area contributed by atoms with E-state index in [2.05, 4.69) is 288 Å². The van der Waals surface area contributed by atoms with Crippen molar-refractivity contribution in [1.82, 2.24) is 29.1 Å². The van der Waals surface area contributed by atoms with Crippen LogP contribution in [0.4, 0.5) is 0 Å². The van der Waals surface area contributed by atoms with Gasteiger partial charge in [0, 0.05) is 88.2 Å². The first-order valence-corrected chi connectivity index (χ1v) is 29.3. The second kappa shape index (κ2) is 20.5. The Hall–Kier alpha value is -11.8. The zero-order valence-electron chi connectivity index (χ0n) is 47.0. The lowest BCUT2D eigenvalue weighted by atomic mass is 10.0. The molecule has 0 spiro atoms. The van der Waals surface area contributed by atoms with Crippen LogP contribution in [0.3, 0.4) is 0 Å². The van der Waals surface area contributed by atoms with E-state index < -0.39 is 0 Å². The predicted octanol–water partition coefficient (Wildman–Crippen LogP) is 20.7. The Balaban J connectivity index is 0.821. The van der Waals surface area contributed by atoms with E-state index in [9.17, 15) is 0 Å². The van der Waals surface area contributed by atoms with Crippen LogP contribution in [0.1, 0.15) is 0 Å². The lowest BCUT2D eigenvalue weighted by Crippen LogP contribution is -1.95. The first-order valence-electron chi connectivity index (χ1n) is 29.3. The van der Waals surface area contributed by atoms with Crippen LogP contribution in [0.15, 0.2) is 308 Å². The van der Waals surface area contributed by atoms with Crippen LogP contribution in [0.2, 0.25) is 0 Å². The van der Waals surface area contributed by atoms with Gasteiger partial charge in [0.15, 0.2) is 0 Å². The first-order chi connectivity index (χ1) is 43.1. The highest BCUT2D eigenvalue weighted by atomic mass is 16.3. The van der Waals surface area contributed by atoms with E-state index in [-0.39, 0.29) is 0 Å². The first kappa shape index (κ1) is 49.8. The Morgan fingerprint density at radius 1 is 0.195 bits per heavy atom. The largest absolute Gasteiger partial charge is 0.456 e. The number of pyridine rings is 4. The molecule has 7 heterocycles. The Morgan fingerprint density at radius 3 is 0.713 bits per heavy atom. The fourth-order valence-corrected chi connectivity index (χ4v) is 12.7. The minimum Gasteiger partial charge on any atom is -0.456 e. The van der Waals surface area contributed by atoms with Gasteiger partial charge in [-0.05, 0) is 133 Å². The minimum absolute atomic E-state index is 0.817. The van der Waals surface area contributed by atoms with Gasteiger partial charge >= 0.3 is 0 Å². The Bertz CT molecular complexity index is 4890. The topological polar surface area (TPSA) is 74.6 Å². The van der Waals surface area contributed by atoms with Gasteiger partial charge in [-0.1, -0.05) is 170 Å². The van der Waals surface area contributed by atoms with Crippen LogP contribution < -0.4 is 0 Å². The Kier molecular flexibility index (Phi) is 11.7. The van der Waals surface area contributed by atoms with Crippen molar-refractivity contribution in [2.24, 2.45) is 0 Å². The van der Waals surface area contributed by atoms with E-state index in [1.807, 2.05) is 24.3 Å². The summed E-state index contributed by atoms with van der Waals surface area (Å²) in [6.07, 6.45) is 0. The van der Waals surface area contributed by atoms with Crippen molar-refractivity contribution < 1.29 is 4.42 Å². The summed E-state index contributed by atoms with van der Waals surface area (Å²) in [4.78, 5) is 20.8. The number of hydrogen-bond donors (Lipinski definition) is 0. The summed E-state index contributed by atoms with van der Waals surface area (Å²) in [5, 5.41) is 6.52. The summed E-state index contributed by atoms with van der Waals surface area (Å²) in [6, 6.07) is 107. The van der Waals surface area contributed by atoms with Gasteiger partial charge in [0.1, 0.15) is 11.2 Å². The number of fused-ring (bicyclic) bond motifs is 9. The third-order valence-corrected chi connectivity index (χ3v) is 16.9. The molecule has 0 atom stereocenters. The van der Waals surface area contributed by atoms with Gasteiger partial charge in [-0.25, -0.2) is 19.9 Å². The third-order valence-electron chi connectivity index (χ3n) is 16.9. The number of aromatic nitrogens is 6. The molecule has 0 saturated carbocycles. The van der Waals surface area contributed by atoms with Gasteiger partial charge in [-0.3, -0.25) is 0 Å². The molecule has 0 radical (unpaired) electrons. The van der Waals surface area contributed by atoms with E-state index in [0.717, 1.165) is 167 Å². The molecular formula is C80H50N6O. The average Bonchev–Trinajstić information content (AvgIpc) is 1.71. The monoisotopic (exact) mass is 1110 g/mol. The molecule has 7 nitrogen and oxygen atoms in total. The van der Waals surface area contributed by atoms with Gasteiger partial charge in [-0.15, -0.1) is 0 Å². The summed E-state index contributed by atoms with van der Waals surface area (Å²) in [7, 11) is 0. The summed E-state index contributed by atoms with van der Waals surface area (Å²) in [5.41, 5.74) is 23.9. The van der Waals surface area contributed by atoms with E-state index >= 15 is 0 Å². The number of nitrogens with zero attached hydrogens (tertiary/aromatic N) is 6. The molecule has 7 aromatic heterocycles. The number of benzene rings is 10. The van der Waals surface area contributed by atoms with Crippen LogP contribution in [0.25, 0.3) is 167 Å². The van der Waals surface area contributed by atoms with Crippen molar-refractivity contribution in [2.45, 2.75) is 0 Å². The fraction of sp³-hybridized carbons (Fsp3) is 0. The maximum atomic E-state index is 6.73. The zero-order valence-corrected chi connectivity index (χ0v) is 47.0. The van der Waals surface area contributed by atoms with E-state index in [1.165, 1.54) is 0 Å². The molecular weight excluding hydrogens is 1060 g/mol. The maximum Gasteiger partial charge on any atom is 0.135 e. The van der Waals surface area contributed by atoms with E-state index in [0.29, 0.717) is 0 Å². The molecule has 0 aliphatic carbocycles. The zero-order chi connectivity index (χ0) is 57.4. The molecule has 10 aromatic carbocycles. The molecule has 17 aromatic rings. The van der Waals surface area contributed by atoms with Gasteiger partial charge in [0.05, 0.1) is 67.6 Å². The van der Waals surface area contributed by atoms with Crippen molar-refractivity contribution in [3.63, 3.8) is 0 Å². The fourth-order valence-electron chi connectivity index (χ4n) is 12.7. The highest BCUT2D eigenvalue weighted by molar-refractivity contribution is 6.14. The second-order valence-corrected chi connectivity index (χ2v) is 22.2. The van der Waals surface area contributed by atoms with E-state index in [4.69, 9.17) is 24.4 Å². The van der Waals surface area contributed by atoms with Gasteiger partial charge in [-0.2, -0.15) is 0 Å². The third kappa shape index (κ3) is 8.75. The summed E-state index contributed by atoms with van der Waals surface area (Å²) < 4.78 is 11.5. The maximum absolute atomic E-state index is 6.73. The van der Waals surface area contributed by atoms with Gasteiger partial charge < -0.3 is 13.6 Å². The molecule has 0 saturated heterocycles. The van der Waals surface area contributed by atoms with Crippen molar-refractivity contribution in [3.05, 3.63) is 303 Å². The molecule has 0 amide bonds.